The van der Waals surface area contributed by atoms with Crippen molar-refractivity contribution in [2.24, 2.45) is 11.5 Å². The Bertz CT molecular complexity index is 108. The van der Waals surface area contributed by atoms with E-state index < -0.39 is 0 Å². The second-order valence-electron chi connectivity index (χ2n) is 2.93. The van der Waals surface area contributed by atoms with E-state index in [2.05, 4.69) is 6.92 Å². The summed E-state index contributed by atoms with van der Waals surface area (Å²) in [6.45, 7) is 2.73. The first-order valence-electron chi connectivity index (χ1n) is 3.86. The molecule has 1 heterocycles. The van der Waals surface area contributed by atoms with Crippen LogP contribution in [0.4, 0.5) is 0 Å². The van der Waals surface area contributed by atoms with Crippen LogP contribution in [0.5, 0.6) is 0 Å². The molecule has 3 heteroatoms. The fourth-order valence-electron chi connectivity index (χ4n) is 1.20. The zero-order valence-electron chi connectivity index (χ0n) is 6.42. The molecule has 1 rings (SSSR count). The van der Waals surface area contributed by atoms with E-state index in [4.69, 9.17) is 16.2 Å². The molecule has 0 amide bonds. The van der Waals surface area contributed by atoms with Crippen molar-refractivity contribution in [1.29, 1.82) is 0 Å². The van der Waals surface area contributed by atoms with Gasteiger partial charge in [-0.2, -0.15) is 0 Å². The van der Waals surface area contributed by atoms with Crippen LogP contribution in [0.15, 0.2) is 0 Å². The lowest BCUT2D eigenvalue weighted by Crippen LogP contribution is -2.51. The SMILES string of the molecule is CC[C@H]1C[C@@H](N)[C@@H](N)CO1. The number of hydrogen-bond acceptors (Lipinski definition) is 3. The largest absolute Gasteiger partial charge is 0.376 e. The van der Waals surface area contributed by atoms with Gasteiger partial charge in [-0.1, -0.05) is 6.92 Å². The maximum atomic E-state index is 5.74. The van der Waals surface area contributed by atoms with Crippen molar-refractivity contribution in [2.45, 2.75) is 38.0 Å². The molecule has 1 aliphatic heterocycles. The standard InChI is InChI=1S/C7H16N2O/c1-2-5-3-6(8)7(9)4-10-5/h5-7H,2-4,8-9H2,1H3/t5-,6+,7-/m0/s1. The number of nitrogens with two attached hydrogens (primary N) is 2. The minimum absolute atomic E-state index is 0.0443. The molecule has 0 radical (unpaired) electrons. The fourth-order valence-corrected chi connectivity index (χ4v) is 1.20. The lowest BCUT2D eigenvalue weighted by atomic mass is 9.99. The second-order valence-corrected chi connectivity index (χ2v) is 2.93. The van der Waals surface area contributed by atoms with Crippen LogP contribution < -0.4 is 11.5 Å². The Labute approximate surface area is 61.7 Å². The van der Waals surface area contributed by atoms with Crippen molar-refractivity contribution in [3.8, 4) is 0 Å². The molecular formula is C7H16N2O. The van der Waals surface area contributed by atoms with Gasteiger partial charge in [-0.05, 0) is 12.8 Å². The van der Waals surface area contributed by atoms with E-state index in [1.807, 2.05) is 0 Å². The second kappa shape index (κ2) is 3.32. The summed E-state index contributed by atoms with van der Waals surface area (Å²) >= 11 is 0. The van der Waals surface area contributed by atoms with Gasteiger partial charge >= 0.3 is 0 Å². The van der Waals surface area contributed by atoms with E-state index >= 15 is 0 Å². The van der Waals surface area contributed by atoms with Crippen molar-refractivity contribution in [3.05, 3.63) is 0 Å². The molecule has 0 bridgehead atoms. The number of ether oxygens (including phenoxy) is 1. The summed E-state index contributed by atoms with van der Waals surface area (Å²) < 4.78 is 5.40. The predicted octanol–water partition coefficient (Wildman–Crippen LogP) is -0.160. The van der Waals surface area contributed by atoms with Crippen LogP contribution in [0, 0.1) is 0 Å². The summed E-state index contributed by atoms with van der Waals surface area (Å²) in [4.78, 5) is 0. The van der Waals surface area contributed by atoms with Gasteiger partial charge in [0, 0.05) is 12.1 Å². The smallest absolute Gasteiger partial charge is 0.0636 e. The summed E-state index contributed by atoms with van der Waals surface area (Å²) in [6, 6.07) is 0.182. The molecule has 10 heavy (non-hydrogen) atoms. The molecule has 60 valence electrons. The van der Waals surface area contributed by atoms with Gasteiger partial charge in [0.05, 0.1) is 12.7 Å². The van der Waals surface area contributed by atoms with Crippen LogP contribution >= 0.6 is 0 Å². The first kappa shape index (κ1) is 7.98. The predicted molar refractivity (Wildman–Crippen MR) is 40.6 cm³/mol. The summed E-state index contributed by atoms with van der Waals surface area (Å²) in [5.41, 5.74) is 11.4. The Hall–Kier alpha value is -0.120. The average Bonchev–Trinajstić information content (AvgIpc) is 1.95. The zero-order valence-corrected chi connectivity index (χ0v) is 6.42. The zero-order chi connectivity index (χ0) is 7.56. The van der Waals surface area contributed by atoms with Gasteiger partial charge < -0.3 is 16.2 Å². The van der Waals surface area contributed by atoms with E-state index in [-0.39, 0.29) is 12.1 Å². The van der Waals surface area contributed by atoms with E-state index in [1.54, 1.807) is 0 Å². The Morgan fingerprint density at radius 2 is 2.10 bits per heavy atom. The van der Waals surface area contributed by atoms with E-state index in [0.29, 0.717) is 12.7 Å². The van der Waals surface area contributed by atoms with E-state index in [1.165, 1.54) is 0 Å². The number of hydrogen-bond donors (Lipinski definition) is 2. The van der Waals surface area contributed by atoms with Gasteiger partial charge in [-0.25, -0.2) is 0 Å². The third-order valence-corrected chi connectivity index (χ3v) is 2.06. The van der Waals surface area contributed by atoms with Crippen LogP contribution in [0.25, 0.3) is 0 Å². The van der Waals surface area contributed by atoms with Gasteiger partial charge in [0.15, 0.2) is 0 Å². The van der Waals surface area contributed by atoms with E-state index in [9.17, 15) is 0 Å². The van der Waals surface area contributed by atoms with Crippen LogP contribution in [-0.4, -0.2) is 24.8 Å². The monoisotopic (exact) mass is 144 g/mol. The summed E-state index contributed by atoms with van der Waals surface area (Å²) in [5, 5.41) is 0. The van der Waals surface area contributed by atoms with Crippen molar-refractivity contribution in [1.82, 2.24) is 0 Å². The molecule has 0 spiro atoms. The third kappa shape index (κ3) is 1.68. The molecule has 3 nitrogen and oxygen atoms in total. The van der Waals surface area contributed by atoms with Gasteiger partial charge in [-0.3, -0.25) is 0 Å². The molecule has 0 saturated carbocycles. The molecule has 1 aliphatic rings. The molecule has 0 aromatic carbocycles. The van der Waals surface area contributed by atoms with Gasteiger partial charge in [0.1, 0.15) is 0 Å². The lowest BCUT2D eigenvalue weighted by molar-refractivity contribution is -0.00497. The van der Waals surface area contributed by atoms with Crippen LogP contribution in [0.2, 0.25) is 0 Å². The molecule has 4 N–H and O–H groups in total. The Morgan fingerprint density at radius 3 is 2.60 bits per heavy atom. The Kier molecular flexibility index (Phi) is 2.65. The van der Waals surface area contributed by atoms with Crippen LogP contribution in [-0.2, 0) is 4.74 Å². The van der Waals surface area contributed by atoms with E-state index in [0.717, 1.165) is 12.8 Å². The normalized spacial score (nSPS) is 41.7. The highest BCUT2D eigenvalue weighted by atomic mass is 16.5. The molecule has 0 aliphatic carbocycles. The number of rotatable bonds is 1. The Morgan fingerprint density at radius 1 is 1.40 bits per heavy atom. The van der Waals surface area contributed by atoms with Crippen molar-refractivity contribution >= 4 is 0 Å². The highest BCUT2D eigenvalue weighted by Gasteiger charge is 2.24. The Balaban J connectivity index is 2.33. The fraction of sp³-hybridized carbons (Fsp3) is 1.00. The first-order valence-corrected chi connectivity index (χ1v) is 3.86. The highest BCUT2D eigenvalue weighted by Crippen LogP contribution is 2.13. The van der Waals surface area contributed by atoms with Crippen molar-refractivity contribution in [3.63, 3.8) is 0 Å². The lowest BCUT2D eigenvalue weighted by Gasteiger charge is -2.31. The van der Waals surface area contributed by atoms with Crippen LogP contribution in [0.1, 0.15) is 19.8 Å². The van der Waals surface area contributed by atoms with Crippen LogP contribution in [0.3, 0.4) is 0 Å². The maximum absolute atomic E-state index is 5.74. The highest BCUT2D eigenvalue weighted by molar-refractivity contribution is 4.83. The van der Waals surface area contributed by atoms with Gasteiger partial charge in [-0.15, -0.1) is 0 Å². The minimum atomic E-state index is 0.0443. The summed E-state index contributed by atoms with van der Waals surface area (Å²) in [7, 11) is 0. The third-order valence-electron chi connectivity index (χ3n) is 2.06. The van der Waals surface area contributed by atoms with Crippen molar-refractivity contribution < 1.29 is 4.74 Å². The quantitative estimate of drug-likeness (QED) is 0.537. The summed E-state index contributed by atoms with van der Waals surface area (Å²) in [6.07, 6.45) is 2.30. The van der Waals surface area contributed by atoms with Gasteiger partial charge in [0.25, 0.3) is 0 Å². The van der Waals surface area contributed by atoms with Crippen molar-refractivity contribution in [2.75, 3.05) is 6.61 Å². The molecule has 3 atom stereocenters. The average molecular weight is 144 g/mol. The minimum Gasteiger partial charge on any atom is -0.376 e. The first-order chi connectivity index (χ1) is 4.74. The molecule has 0 aromatic rings. The maximum Gasteiger partial charge on any atom is 0.0636 e. The molecule has 1 saturated heterocycles. The topological polar surface area (TPSA) is 61.3 Å². The molecule has 1 fully saturated rings. The molecule has 0 aromatic heterocycles. The molecule has 0 unspecified atom stereocenters. The molecular weight excluding hydrogens is 128 g/mol. The summed E-state index contributed by atoms with van der Waals surface area (Å²) in [5.74, 6) is 0. The van der Waals surface area contributed by atoms with Gasteiger partial charge in [0.2, 0.25) is 0 Å².